The van der Waals surface area contributed by atoms with Crippen molar-refractivity contribution in [3.05, 3.63) is 28.5 Å². The largest absolute Gasteiger partial charge is 0.444 e. The highest BCUT2D eigenvalue weighted by Gasteiger charge is 2.31. The summed E-state index contributed by atoms with van der Waals surface area (Å²) in [5.41, 5.74) is 0.855. The molecule has 24 heavy (non-hydrogen) atoms. The van der Waals surface area contributed by atoms with Gasteiger partial charge in [0.25, 0.3) is 0 Å². The van der Waals surface area contributed by atoms with Gasteiger partial charge in [0.15, 0.2) is 0 Å². The van der Waals surface area contributed by atoms with Crippen LogP contribution in [0.3, 0.4) is 0 Å². The molecule has 6 nitrogen and oxygen atoms in total. The molecule has 0 aliphatic carbocycles. The van der Waals surface area contributed by atoms with Crippen LogP contribution in [0.1, 0.15) is 38.8 Å². The summed E-state index contributed by atoms with van der Waals surface area (Å²) in [4.78, 5) is 18.5. The van der Waals surface area contributed by atoms with E-state index in [1.54, 1.807) is 4.90 Å². The number of fused-ring (bicyclic) bond motifs is 1. The third kappa shape index (κ3) is 3.24. The van der Waals surface area contributed by atoms with Crippen LogP contribution in [0.2, 0.25) is 0 Å². The number of hydrogen-bond donors (Lipinski definition) is 0. The van der Waals surface area contributed by atoms with E-state index in [9.17, 15) is 10.1 Å². The van der Waals surface area contributed by atoms with Crippen LogP contribution in [0.4, 0.5) is 4.79 Å². The third-order valence-corrected chi connectivity index (χ3v) is 4.41. The number of carbonyl (C=O) groups excluding carboxylic acids is 1. The molecule has 7 heteroatoms. The Morgan fingerprint density at radius 2 is 2.21 bits per heavy atom. The van der Waals surface area contributed by atoms with Crippen LogP contribution in [0.15, 0.2) is 22.9 Å². The van der Waals surface area contributed by atoms with Crippen molar-refractivity contribution < 1.29 is 9.53 Å². The Kier molecular flexibility index (Phi) is 4.26. The number of likely N-dealkylation sites (tertiary alicyclic amines) is 1. The molecule has 1 atom stereocenters. The van der Waals surface area contributed by atoms with Gasteiger partial charge in [-0.2, -0.15) is 5.26 Å². The molecular weight excluding hydrogens is 372 g/mol. The SMILES string of the molecule is CC(C)(C)OC(=O)N1CC[C@H](n2cc(C#N)c3ccc(Br)nc32)C1. The topological polar surface area (TPSA) is 71.2 Å². The van der Waals surface area contributed by atoms with Crippen LogP contribution in [-0.2, 0) is 4.74 Å². The van der Waals surface area contributed by atoms with Crippen molar-refractivity contribution >= 4 is 33.1 Å². The number of ether oxygens (including phenoxy) is 1. The summed E-state index contributed by atoms with van der Waals surface area (Å²) < 4.78 is 8.17. The first-order chi connectivity index (χ1) is 11.3. The maximum atomic E-state index is 12.2. The maximum absolute atomic E-state index is 12.2. The van der Waals surface area contributed by atoms with Gasteiger partial charge in [0.05, 0.1) is 11.6 Å². The van der Waals surface area contributed by atoms with Gasteiger partial charge in [0.1, 0.15) is 21.9 Å². The van der Waals surface area contributed by atoms with Gasteiger partial charge in [-0.05, 0) is 55.3 Å². The third-order valence-electron chi connectivity index (χ3n) is 3.97. The van der Waals surface area contributed by atoms with Gasteiger partial charge in [-0.15, -0.1) is 0 Å². The smallest absolute Gasteiger partial charge is 0.410 e. The molecule has 2 aromatic heterocycles. The van der Waals surface area contributed by atoms with E-state index < -0.39 is 5.60 Å². The lowest BCUT2D eigenvalue weighted by molar-refractivity contribution is 0.0289. The number of amides is 1. The second-order valence-electron chi connectivity index (χ2n) is 6.94. The highest BCUT2D eigenvalue weighted by atomic mass is 79.9. The average molecular weight is 391 g/mol. The van der Waals surface area contributed by atoms with Crippen molar-refractivity contribution in [2.45, 2.75) is 38.8 Å². The quantitative estimate of drug-likeness (QED) is 0.693. The van der Waals surface area contributed by atoms with Crippen molar-refractivity contribution in [2.24, 2.45) is 0 Å². The van der Waals surface area contributed by atoms with Gasteiger partial charge in [0, 0.05) is 24.7 Å². The fraction of sp³-hybridized carbons (Fsp3) is 0.471. The Morgan fingerprint density at radius 1 is 1.46 bits per heavy atom. The van der Waals surface area contributed by atoms with Gasteiger partial charge in [-0.1, -0.05) is 0 Å². The zero-order valence-corrected chi connectivity index (χ0v) is 15.5. The summed E-state index contributed by atoms with van der Waals surface area (Å²) in [5, 5.41) is 10.2. The molecule has 1 aliphatic heterocycles. The first kappa shape index (κ1) is 16.8. The number of rotatable bonds is 1. The van der Waals surface area contributed by atoms with Crippen LogP contribution in [-0.4, -0.2) is 39.2 Å². The van der Waals surface area contributed by atoms with E-state index in [1.165, 1.54) is 0 Å². The second-order valence-corrected chi connectivity index (χ2v) is 7.75. The molecule has 0 saturated carbocycles. The second kappa shape index (κ2) is 6.10. The molecule has 3 heterocycles. The predicted octanol–water partition coefficient (Wildman–Crippen LogP) is 3.85. The van der Waals surface area contributed by atoms with Crippen molar-refractivity contribution in [2.75, 3.05) is 13.1 Å². The molecule has 1 fully saturated rings. The first-order valence-corrected chi connectivity index (χ1v) is 8.63. The molecule has 0 N–H and O–H groups in total. The Labute approximate surface area is 149 Å². The van der Waals surface area contributed by atoms with Crippen LogP contribution in [0, 0.1) is 11.3 Å². The molecule has 1 aliphatic rings. The average Bonchev–Trinajstić information content (AvgIpc) is 3.09. The summed E-state index contributed by atoms with van der Waals surface area (Å²) in [6.07, 6.45) is 2.34. The Hall–Kier alpha value is -2.07. The predicted molar refractivity (Wildman–Crippen MR) is 93.6 cm³/mol. The number of hydrogen-bond acceptors (Lipinski definition) is 4. The van der Waals surface area contributed by atoms with Gasteiger partial charge < -0.3 is 14.2 Å². The van der Waals surface area contributed by atoms with Gasteiger partial charge >= 0.3 is 6.09 Å². The lowest BCUT2D eigenvalue weighted by atomic mass is 10.2. The highest BCUT2D eigenvalue weighted by Crippen LogP contribution is 2.30. The van der Waals surface area contributed by atoms with E-state index in [0.29, 0.717) is 18.7 Å². The lowest BCUT2D eigenvalue weighted by Gasteiger charge is -2.24. The minimum absolute atomic E-state index is 0.0870. The molecule has 0 unspecified atom stereocenters. The standard InChI is InChI=1S/C17H19BrN4O2/c1-17(2,3)24-16(23)21-7-6-12(10-21)22-9-11(8-19)13-4-5-14(18)20-15(13)22/h4-5,9,12H,6-7,10H2,1-3H3/t12-/m0/s1. The maximum Gasteiger partial charge on any atom is 0.410 e. The Balaban J connectivity index is 1.86. The first-order valence-electron chi connectivity index (χ1n) is 7.83. The van der Waals surface area contributed by atoms with Crippen LogP contribution in [0.25, 0.3) is 11.0 Å². The Bertz CT molecular complexity index is 831. The molecule has 1 amide bonds. The van der Waals surface area contributed by atoms with Gasteiger partial charge in [0.2, 0.25) is 0 Å². The molecule has 3 rings (SSSR count). The molecule has 0 radical (unpaired) electrons. The van der Waals surface area contributed by atoms with Gasteiger partial charge in [-0.25, -0.2) is 9.78 Å². The number of aromatic nitrogens is 2. The van der Waals surface area contributed by atoms with E-state index >= 15 is 0 Å². The fourth-order valence-corrected chi connectivity index (χ4v) is 3.23. The normalized spacial score (nSPS) is 18.0. The zero-order chi connectivity index (χ0) is 17.5. The fourth-order valence-electron chi connectivity index (χ4n) is 2.93. The van der Waals surface area contributed by atoms with Crippen LogP contribution in [0.5, 0.6) is 0 Å². The van der Waals surface area contributed by atoms with Crippen molar-refractivity contribution in [1.29, 1.82) is 5.26 Å². The van der Waals surface area contributed by atoms with Gasteiger partial charge in [-0.3, -0.25) is 0 Å². The summed E-state index contributed by atoms with van der Waals surface area (Å²) >= 11 is 3.38. The molecule has 0 aromatic carbocycles. The molecule has 1 saturated heterocycles. The number of nitrogens with zero attached hydrogens (tertiary/aromatic N) is 4. The van der Waals surface area contributed by atoms with E-state index in [4.69, 9.17) is 4.74 Å². The minimum Gasteiger partial charge on any atom is -0.444 e. The van der Waals surface area contributed by atoms with Crippen LogP contribution >= 0.6 is 15.9 Å². The summed E-state index contributed by atoms with van der Waals surface area (Å²) in [7, 11) is 0. The summed E-state index contributed by atoms with van der Waals surface area (Å²) in [6.45, 7) is 6.77. The molecule has 2 aromatic rings. The van der Waals surface area contributed by atoms with Crippen molar-refractivity contribution in [3.8, 4) is 6.07 Å². The molecule has 126 valence electrons. The summed E-state index contributed by atoms with van der Waals surface area (Å²) in [6, 6.07) is 6.02. The number of pyridine rings is 1. The van der Waals surface area contributed by atoms with Crippen molar-refractivity contribution in [3.63, 3.8) is 0 Å². The van der Waals surface area contributed by atoms with E-state index in [0.717, 1.165) is 22.1 Å². The number of carbonyl (C=O) groups is 1. The van der Waals surface area contributed by atoms with Crippen molar-refractivity contribution in [1.82, 2.24) is 14.5 Å². The lowest BCUT2D eigenvalue weighted by Crippen LogP contribution is -2.35. The molecule has 0 bridgehead atoms. The monoisotopic (exact) mass is 390 g/mol. The number of nitriles is 1. The van der Waals surface area contributed by atoms with E-state index in [1.807, 2.05) is 43.7 Å². The van der Waals surface area contributed by atoms with Crippen LogP contribution < -0.4 is 0 Å². The highest BCUT2D eigenvalue weighted by molar-refractivity contribution is 9.10. The minimum atomic E-state index is -0.504. The van der Waals surface area contributed by atoms with E-state index in [-0.39, 0.29) is 12.1 Å². The summed E-state index contributed by atoms with van der Waals surface area (Å²) in [5.74, 6) is 0. The molecule has 0 spiro atoms. The molecular formula is C17H19BrN4O2. The number of halogens is 1. The van der Waals surface area contributed by atoms with E-state index in [2.05, 4.69) is 27.0 Å². The zero-order valence-electron chi connectivity index (χ0n) is 13.9. The Morgan fingerprint density at radius 3 is 2.88 bits per heavy atom.